The molecular formula is C15H21N3O3S. The van der Waals surface area contributed by atoms with Crippen molar-refractivity contribution < 1.29 is 9.66 Å². The Labute approximate surface area is 135 Å². The average molecular weight is 323 g/mol. The van der Waals surface area contributed by atoms with E-state index in [9.17, 15) is 10.1 Å². The van der Waals surface area contributed by atoms with Crippen molar-refractivity contribution in [2.24, 2.45) is 0 Å². The molecule has 0 radical (unpaired) electrons. The molecule has 0 unspecified atom stereocenters. The predicted molar refractivity (Wildman–Crippen MR) is 90.5 cm³/mol. The maximum atomic E-state index is 11.2. The molecule has 2 N–H and O–H groups in total. The Hall–Kier alpha value is -1.89. The van der Waals surface area contributed by atoms with Gasteiger partial charge in [-0.1, -0.05) is 19.3 Å². The number of nitrogens with zero attached hydrogens (tertiary/aromatic N) is 1. The van der Waals surface area contributed by atoms with E-state index in [-0.39, 0.29) is 5.69 Å². The zero-order chi connectivity index (χ0) is 15.9. The van der Waals surface area contributed by atoms with Crippen LogP contribution in [0, 0.1) is 10.1 Å². The Kier molecular flexibility index (Phi) is 5.94. The van der Waals surface area contributed by atoms with Crippen LogP contribution in [0.25, 0.3) is 0 Å². The minimum absolute atomic E-state index is 0.0428. The largest absolute Gasteiger partial charge is 0.494 e. The molecule has 22 heavy (non-hydrogen) atoms. The lowest BCUT2D eigenvalue weighted by molar-refractivity contribution is -0.384. The predicted octanol–water partition coefficient (Wildman–Crippen LogP) is 3.61. The van der Waals surface area contributed by atoms with Crippen molar-refractivity contribution in [2.45, 2.75) is 45.1 Å². The molecular weight excluding hydrogens is 302 g/mol. The SMILES string of the molecule is CCOc1ccc(NC(=S)NC2CCCCC2)c([N+](=O)[O-])c1. The summed E-state index contributed by atoms with van der Waals surface area (Å²) in [5.41, 5.74) is 0.334. The molecule has 2 rings (SSSR count). The Balaban J connectivity index is 2.04. The summed E-state index contributed by atoms with van der Waals surface area (Å²) in [6.07, 6.45) is 5.84. The van der Waals surface area contributed by atoms with E-state index in [1.165, 1.54) is 25.3 Å². The molecule has 0 atom stereocenters. The molecule has 1 aliphatic carbocycles. The molecule has 0 amide bonds. The number of nitrogens with one attached hydrogen (secondary N) is 2. The van der Waals surface area contributed by atoms with Gasteiger partial charge in [0.25, 0.3) is 5.69 Å². The van der Waals surface area contributed by atoms with Crippen LogP contribution in [-0.2, 0) is 0 Å². The zero-order valence-corrected chi connectivity index (χ0v) is 13.4. The molecule has 0 spiro atoms. The van der Waals surface area contributed by atoms with Gasteiger partial charge < -0.3 is 15.4 Å². The number of hydrogen-bond donors (Lipinski definition) is 2. The van der Waals surface area contributed by atoms with Gasteiger partial charge in [0.1, 0.15) is 11.4 Å². The van der Waals surface area contributed by atoms with E-state index in [0.717, 1.165) is 12.8 Å². The maximum absolute atomic E-state index is 11.2. The molecule has 1 fully saturated rings. The second-order valence-corrected chi connectivity index (χ2v) is 5.71. The highest BCUT2D eigenvalue weighted by molar-refractivity contribution is 7.80. The highest BCUT2D eigenvalue weighted by Crippen LogP contribution is 2.29. The van der Waals surface area contributed by atoms with Gasteiger partial charge in [0.15, 0.2) is 5.11 Å². The van der Waals surface area contributed by atoms with Crippen molar-refractivity contribution in [1.82, 2.24) is 5.32 Å². The van der Waals surface area contributed by atoms with E-state index in [1.54, 1.807) is 12.1 Å². The van der Waals surface area contributed by atoms with E-state index in [2.05, 4.69) is 10.6 Å². The van der Waals surface area contributed by atoms with E-state index in [1.807, 2.05) is 6.92 Å². The van der Waals surface area contributed by atoms with E-state index >= 15 is 0 Å². The zero-order valence-electron chi connectivity index (χ0n) is 12.6. The van der Waals surface area contributed by atoms with Crippen LogP contribution in [0.3, 0.4) is 0 Å². The first kappa shape index (κ1) is 16.5. The summed E-state index contributed by atoms with van der Waals surface area (Å²) in [4.78, 5) is 10.8. The highest BCUT2D eigenvalue weighted by Gasteiger charge is 2.18. The molecule has 0 bridgehead atoms. The Morgan fingerprint density at radius 3 is 2.77 bits per heavy atom. The third kappa shape index (κ3) is 4.56. The van der Waals surface area contributed by atoms with Crippen molar-refractivity contribution in [3.05, 3.63) is 28.3 Å². The lowest BCUT2D eigenvalue weighted by Crippen LogP contribution is -2.38. The van der Waals surface area contributed by atoms with Crippen molar-refractivity contribution in [2.75, 3.05) is 11.9 Å². The average Bonchev–Trinajstić information content (AvgIpc) is 2.49. The van der Waals surface area contributed by atoms with Gasteiger partial charge >= 0.3 is 0 Å². The number of ether oxygens (including phenoxy) is 1. The summed E-state index contributed by atoms with van der Waals surface area (Å²) in [6, 6.07) is 5.09. The number of thiocarbonyl (C=S) groups is 1. The summed E-state index contributed by atoms with van der Waals surface area (Å²) in [6.45, 7) is 2.30. The fourth-order valence-corrected chi connectivity index (χ4v) is 2.89. The van der Waals surface area contributed by atoms with Crippen LogP contribution in [0.15, 0.2) is 18.2 Å². The van der Waals surface area contributed by atoms with Gasteiger partial charge in [0, 0.05) is 6.04 Å². The number of hydrogen-bond acceptors (Lipinski definition) is 4. The molecule has 1 aliphatic rings. The quantitative estimate of drug-likeness (QED) is 0.490. The minimum atomic E-state index is -0.436. The first-order valence-electron chi connectivity index (χ1n) is 7.59. The topological polar surface area (TPSA) is 76.4 Å². The third-order valence-electron chi connectivity index (χ3n) is 3.67. The van der Waals surface area contributed by atoms with Gasteiger partial charge in [-0.15, -0.1) is 0 Å². The Bertz CT molecular complexity index is 545. The summed E-state index contributed by atoms with van der Waals surface area (Å²) >= 11 is 5.27. The fraction of sp³-hybridized carbons (Fsp3) is 0.533. The van der Waals surface area contributed by atoms with Crippen LogP contribution in [0.4, 0.5) is 11.4 Å². The van der Waals surface area contributed by atoms with Crippen LogP contribution in [0.2, 0.25) is 0 Å². The summed E-state index contributed by atoms with van der Waals surface area (Å²) in [5, 5.41) is 17.8. The van der Waals surface area contributed by atoms with Crippen molar-refractivity contribution in [3.63, 3.8) is 0 Å². The second kappa shape index (κ2) is 7.93. The Morgan fingerprint density at radius 1 is 1.41 bits per heavy atom. The molecule has 6 nitrogen and oxygen atoms in total. The highest BCUT2D eigenvalue weighted by atomic mass is 32.1. The first-order valence-corrected chi connectivity index (χ1v) is 7.99. The molecule has 7 heteroatoms. The number of nitro groups is 1. The van der Waals surface area contributed by atoms with E-state index in [0.29, 0.717) is 29.2 Å². The molecule has 0 saturated heterocycles. The molecule has 1 saturated carbocycles. The van der Waals surface area contributed by atoms with Crippen LogP contribution in [0.1, 0.15) is 39.0 Å². The molecule has 1 aromatic rings. The van der Waals surface area contributed by atoms with Crippen molar-refractivity contribution in [3.8, 4) is 5.75 Å². The lowest BCUT2D eigenvalue weighted by Gasteiger charge is -2.24. The molecule has 1 aromatic carbocycles. The molecule has 0 heterocycles. The minimum Gasteiger partial charge on any atom is -0.494 e. The standard InChI is InChI=1S/C15H21N3O3S/c1-2-21-12-8-9-13(14(10-12)18(19)20)17-15(22)16-11-6-4-3-5-7-11/h8-11H,2-7H2,1H3,(H2,16,17,22). The number of anilines is 1. The molecule has 0 aliphatic heterocycles. The van der Waals surface area contributed by atoms with Crippen LogP contribution in [-0.4, -0.2) is 22.7 Å². The van der Waals surface area contributed by atoms with Crippen LogP contribution < -0.4 is 15.4 Å². The fourth-order valence-electron chi connectivity index (χ4n) is 2.62. The Morgan fingerprint density at radius 2 is 2.14 bits per heavy atom. The number of rotatable bonds is 5. The van der Waals surface area contributed by atoms with E-state index < -0.39 is 4.92 Å². The van der Waals surface area contributed by atoms with Gasteiger partial charge in [0.2, 0.25) is 0 Å². The number of benzene rings is 1. The van der Waals surface area contributed by atoms with Gasteiger partial charge in [-0.2, -0.15) is 0 Å². The van der Waals surface area contributed by atoms with Gasteiger partial charge in [-0.05, 0) is 44.1 Å². The van der Waals surface area contributed by atoms with E-state index in [4.69, 9.17) is 17.0 Å². The first-order chi connectivity index (χ1) is 10.6. The normalized spacial score (nSPS) is 15.1. The smallest absolute Gasteiger partial charge is 0.296 e. The van der Waals surface area contributed by atoms with Gasteiger partial charge in [-0.3, -0.25) is 10.1 Å². The second-order valence-electron chi connectivity index (χ2n) is 5.30. The molecule has 120 valence electrons. The lowest BCUT2D eigenvalue weighted by atomic mass is 9.96. The summed E-state index contributed by atoms with van der Waals surface area (Å²) < 4.78 is 5.30. The maximum Gasteiger partial charge on any atom is 0.296 e. The van der Waals surface area contributed by atoms with Crippen LogP contribution >= 0.6 is 12.2 Å². The van der Waals surface area contributed by atoms with Crippen LogP contribution in [0.5, 0.6) is 5.75 Å². The third-order valence-corrected chi connectivity index (χ3v) is 3.89. The summed E-state index contributed by atoms with van der Waals surface area (Å²) in [7, 11) is 0. The van der Waals surface area contributed by atoms with Gasteiger partial charge in [-0.25, -0.2) is 0 Å². The summed E-state index contributed by atoms with van der Waals surface area (Å²) in [5.74, 6) is 0.478. The number of nitro benzene ring substituents is 1. The van der Waals surface area contributed by atoms with Gasteiger partial charge in [0.05, 0.1) is 17.6 Å². The van der Waals surface area contributed by atoms with Crippen molar-refractivity contribution in [1.29, 1.82) is 0 Å². The monoisotopic (exact) mass is 323 g/mol. The van der Waals surface area contributed by atoms with Crippen molar-refractivity contribution >= 4 is 28.7 Å². The molecule has 0 aromatic heterocycles.